The molecule has 0 radical (unpaired) electrons. The summed E-state index contributed by atoms with van der Waals surface area (Å²) in [4.78, 5) is 32.3. The van der Waals surface area contributed by atoms with E-state index >= 15 is 0 Å². The minimum atomic E-state index is -1.40. The average Bonchev–Trinajstić information content (AvgIpc) is 3.23. The van der Waals surface area contributed by atoms with Gasteiger partial charge in [-0.25, -0.2) is 9.59 Å². The van der Waals surface area contributed by atoms with Crippen LogP contribution in [-0.2, 0) is 9.57 Å². The molecule has 11 heteroatoms. The second-order valence-electron chi connectivity index (χ2n) is 5.24. The van der Waals surface area contributed by atoms with Crippen molar-refractivity contribution in [3.8, 4) is 0 Å². The van der Waals surface area contributed by atoms with Crippen molar-refractivity contribution in [1.29, 1.82) is 0 Å². The standard InChI is InChI=1S/C14H15N3O7S/c18-5-8-10(19)11(20)12(23-8)17-3-1-9(15-14(17)22)16-24-13(21)7-2-4-25-6-7/h1-4,6,8,10-12,18-20H,5H2,(H,15,16,22)/t8-,10-,11-,12-/m1/s1. The number of nitrogens with one attached hydrogen (secondary N) is 1. The van der Waals surface area contributed by atoms with E-state index in [1.807, 2.05) is 0 Å². The van der Waals surface area contributed by atoms with Gasteiger partial charge in [-0.3, -0.25) is 4.57 Å². The molecule has 4 atom stereocenters. The van der Waals surface area contributed by atoms with E-state index in [-0.39, 0.29) is 5.82 Å². The van der Waals surface area contributed by atoms with Gasteiger partial charge in [-0.1, -0.05) is 0 Å². The monoisotopic (exact) mass is 369 g/mol. The van der Waals surface area contributed by atoms with Crippen molar-refractivity contribution in [2.45, 2.75) is 24.5 Å². The van der Waals surface area contributed by atoms with Crippen LogP contribution in [-0.4, -0.2) is 55.8 Å². The minimum Gasteiger partial charge on any atom is -0.394 e. The van der Waals surface area contributed by atoms with E-state index in [4.69, 9.17) is 14.7 Å². The van der Waals surface area contributed by atoms with Crippen LogP contribution in [0.5, 0.6) is 0 Å². The highest BCUT2D eigenvalue weighted by Crippen LogP contribution is 2.28. The summed E-state index contributed by atoms with van der Waals surface area (Å²) >= 11 is 1.34. The second-order valence-corrected chi connectivity index (χ2v) is 6.02. The topological polar surface area (TPSA) is 143 Å². The van der Waals surface area contributed by atoms with Crippen molar-refractivity contribution in [2.24, 2.45) is 0 Å². The van der Waals surface area contributed by atoms with E-state index in [0.29, 0.717) is 5.56 Å². The Bertz CT molecular complexity index is 794. The zero-order chi connectivity index (χ0) is 18.0. The maximum absolute atomic E-state index is 12.1. The summed E-state index contributed by atoms with van der Waals surface area (Å²) in [5, 5.41) is 32.1. The molecule has 0 aromatic carbocycles. The highest BCUT2D eigenvalue weighted by atomic mass is 32.1. The van der Waals surface area contributed by atoms with Crippen LogP contribution in [0.25, 0.3) is 0 Å². The van der Waals surface area contributed by atoms with Gasteiger partial charge in [-0.2, -0.15) is 21.8 Å². The fraction of sp³-hybridized carbons (Fsp3) is 0.357. The lowest BCUT2D eigenvalue weighted by Gasteiger charge is -2.17. The first kappa shape index (κ1) is 17.5. The zero-order valence-corrected chi connectivity index (χ0v) is 13.5. The summed E-state index contributed by atoms with van der Waals surface area (Å²) in [6, 6.07) is 2.92. The van der Waals surface area contributed by atoms with Gasteiger partial charge in [0.25, 0.3) is 0 Å². The van der Waals surface area contributed by atoms with E-state index in [1.54, 1.807) is 16.8 Å². The number of aliphatic hydroxyl groups excluding tert-OH is 3. The van der Waals surface area contributed by atoms with Crippen molar-refractivity contribution in [3.05, 3.63) is 45.1 Å². The average molecular weight is 369 g/mol. The van der Waals surface area contributed by atoms with Crippen LogP contribution in [0.3, 0.4) is 0 Å². The van der Waals surface area contributed by atoms with Gasteiger partial charge >= 0.3 is 11.7 Å². The fourth-order valence-electron chi connectivity index (χ4n) is 2.31. The van der Waals surface area contributed by atoms with Gasteiger partial charge in [0.05, 0.1) is 12.2 Å². The molecule has 10 nitrogen and oxygen atoms in total. The highest BCUT2D eigenvalue weighted by molar-refractivity contribution is 7.08. The molecule has 0 bridgehead atoms. The normalized spacial score (nSPS) is 25.7. The number of hydrogen-bond donors (Lipinski definition) is 4. The summed E-state index contributed by atoms with van der Waals surface area (Å²) in [7, 11) is 0. The smallest absolute Gasteiger partial charge is 0.363 e. The van der Waals surface area contributed by atoms with Crippen molar-refractivity contribution in [3.63, 3.8) is 0 Å². The van der Waals surface area contributed by atoms with Gasteiger partial charge in [-0.05, 0) is 11.4 Å². The Kier molecular flexibility index (Phi) is 5.11. The van der Waals surface area contributed by atoms with E-state index in [9.17, 15) is 19.8 Å². The van der Waals surface area contributed by atoms with E-state index in [2.05, 4.69) is 10.5 Å². The highest BCUT2D eigenvalue weighted by Gasteiger charge is 2.43. The number of thiophene rings is 1. The summed E-state index contributed by atoms with van der Waals surface area (Å²) < 4.78 is 6.23. The van der Waals surface area contributed by atoms with Gasteiger partial charge in [-0.15, -0.1) is 0 Å². The Morgan fingerprint density at radius 3 is 2.80 bits per heavy atom. The number of anilines is 1. The van der Waals surface area contributed by atoms with Crippen LogP contribution in [0.15, 0.2) is 33.9 Å². The molecule has 0 spiro atoms. The lowest BCUT2D eigenvalue weighted by atomic mass is 10.1. The Morgan fingerprint density at radius 1 is 1.40 bits per heavy atom. The number of aliphatic hydroxyl groups is 3. The van der Waals surface area contributed by atoms with Crippen molar-refractivity contribution in [2.75, 3.05) is 12.1 Å². The van der Waals surface area contributed by atoms with Gasteiger partial charge < -0.3 is 24.9 Å². The van der Waals surface area contributed by atoms with Gasteiger partial charge in [0.15, 0.2) is 12.0 Å². The summed E-state index contributed by atoms with van der Waals surface area (Å²) in [6.45, 7) is -0.505. The predicted octanol–water partition coefficient (Wildman–Crippen LogP) is -0.900. The quantitative estimate of drug-likeness (QED) is 0.493. The first-order valence-electron chi connectivity index (χ1n) is 7.22. The summed E-state index contributed by atoms with van der Waals surface area (Å²) in [5.41, 5.74) is 1.83. The molecular formula is C14H15N3O7S. The molecule has 4 N–H and O–H groups in total. The first-order valence-corrected chi connectivity index (χ1v) is 8.16. The number of carbonyl (C=O) groups is 1. The van der Waals surface area contributed by atoms with Crippen LogP contribution in [0, 0.1) is 0 Å². The zero-order valence-electron chi connectivity index (χ0n) is 12.7. The Labute approximate surface area is 144 Å². The lowest BCUT2D eigenvalue weighted by molar-refractivity contribution is -0.0549. The number of carbonyl (C=O) groups excluding carboxylic acids is 1. The van der Waals surface area contributed by atoms with Crippen molar-refractivity contribution < 1.29 is 29.7 Å². The molecule has 3 rings (SSSR count). The van der Waals surface area contributed by atoms with Gasteiger partial charge in [0.1, 0.15) is 18.3 Å². The Hall–Kier alpha value is -2.31. The molecule has 0 amide bonds. The molecule has 3 heterocycles. The van der Waals surface area contributed by atoms with Crippen LogP contribution < -0.4 is 11.2 Å². The van der Waals surface area contributed by atoms with Crippen LogP contribution >= 0.6 is 11.3 Å². The van der Waals surface area contributed by atoms with E-state index in [1.165, 1.54) is 23.6 Å². The molecular weight excluding hydrogens is 354 g/mol. The third-order valence-electron chi connectivity index (χ3n) is 3.63. The third kappa shape index (κ3) is 3.55. The molecule has 0 aliphatic carbocycles. The Balaban J connectivity index is 1.69. The van der Waals surface area contributed by atoms with Crippen molar-refractivity contribution in [1.82, 2.24) is 9.55 Å². The SMILES string of the molecule is O=C(ONc1ccn([C@@H]2O[C@H](CO)[C@@H](O)[C@H]2O)c(=O)n1)c1ccsc1. The van der Waals surface area contributed by atoms with E-state index in [0.717, 1.165) is 4.57 Å². The fourth-order valence-corrected chi connectivity index (χ4v) is 2.94. The molecule has 2 aromatic rings. The van der Waals surface area contributed by atoms with Crippen LogP contribution in [0.1, 0.15) is 16.6 Å². The molecule has 1 aliphatic rings. The minimum absolute atomic E-state index is 0.0171. The number of nitrogens with zero attached hydrogens (tertiary/aromatic N) is 2. The maximum Gasteiger partial charge on any atom is 0.363 e. The van der Waals surface area contributed by atoms with Gasteiger partial charge in [0.2, 0.25) is 0 Å². The molecule has 1 saturated heterocycles. The molecule has 1 fully saturated rings. The predicted molar refractivity (Wildman–Crippen MR) is 84.9 cm³/mol. The molecule has 0 saturated carbocycles. The molecule has 134 valence electrons. The maximum atomic E-state index is 12.1. The number of hydrogen-bond acceptors (Lipinski definition) is 10. The van der Waals surface area contributed by atoms with Crippen molar-refractivity contribution >= 4 is 23.1 Å². The third-order valence-corrected chi connectivity index (χ3v) is 4.31. The van der Waals surface area contributed by atoms with E-state index < -0.39 is 42.8 Å². The summed E-state index contributed by atoms with van der Waals surface area (Å²) in [5.74, 6) is -0.646. The number of aromatic nitrogens is 2. The molecule has 2 aromatic heterocycles. The van der Waals surface area contributed by atoms with Crippen LogP contribution in [0.4, 0.5) is 5.82 Å². The lowest BCUT2D eigenvalue weighted by Crippen LogP contribution is -2.36. The largest absolute Gasteiger partial charge is 0.394 e. The summed E-state index contributed by atoms with van der Waals surface area (Å²) in [6.07, 6.45) is -3.65. The number of rotatable bonds is 5. The van der Waals surface area contributed by atoms with Gasteiger partial charge in [0, 0.05) is 17.6 Å². The molecule has 25 heavy (non-hydrogen) atoms. The Morgan fingerprint density at radius 2 is 2.20 bits per heavy atom. The second kappa shape index (κ2) is 7.29. The number of ether oxygens (including phenoxy) is 1. The molecule has 0 unspecified atom stereocenters. The molecule has 1 aliphatic heterocycles. The first-order chi connectivity index (χ1) is 12.0. The van der Waals surface area contributed by atoms with Crippen LogP contribution in [0.2, 0.25) is 0 Å².